The zero-order valence-electron chi connectivity index (χ0n) is 62.2. The number of hydrogen-bond donors (Lipinski definition) is 0. The third kappa shape index (κ3) is 13.1. The summed E-state index contributed by atoms with van der Waals surface area (Å²) in [5.41, 5.74) is 9.30. The highest BCUT2D eigenvalue weighted by atomic mass is 19.4. The molecule has 0 bridgehead atoms. The summed E-state index contributed by atoms with van der Waals surface area (Å²) in [6.45, 7) is 0. The minimum atomic E-state index is -4.98. The average Bonchev–Trinajstić information content (AvgIpc) is 1.55. The van der Waals surface area contributed by atoms with Crippen LogP contribution in [-0.2, 0) is 6.18 Å². The number of halogens is 3. The molecule has 0 radical (unpaired) electrons. The third-order valence-electron chi connectivity index (χ3n) is 20.8. The number of fused-ring (bicyclic) bond motifs is 6. The molecule has 20 aromatic rings. The zero-order valence-corrected chi connectivity index (χ0v) is 62.2. The van der Waals surface area contributed by atoms with Gasteiger partial charge in [0.1, 0.15) is 11.6 Å². The summed E-state index contributed by atoms with van der Waals surface area (Å²) < 4.78 is 52.5. The van der Waals surface area contributed by atoms with Crippen molar-refractivity contribution < 1.29 is 13.2 Å². The van der Waals surface area contributed by atoms with Gasteiger partial charge in [0.15, 0.2) is 69.9 Å². The van der Waals surface area contributed by atoms with Crippen LogP contribution >= 0.6 is 0 Å². The zero-order chi connectivity index (χ0) is 79.4. The Morgan fingerprint density at radius 1 is 0.220 bits per heavy atom. The van der Waals surface area contributed by atoms with E-state index in [9.17, 15) is 10.5 Å². The molecule has 19 heteroatoms. The highest BCUT2D eigenvalue weighted by Crippen LogP contribution is 2.47. The van der Waals surface area contributed by atoms with Crippen molar-refractivity contribution in [3.05, 3.63) is 362 Å². The molecule has 0 aliphatic rings. The van der Waals surface area contributed by atoms with Crippen LogP contribution in [0.15, 0.2) is 346 Å². The van der Waals surface area contributed by atoms with Crippen molar-refractivity contribution in [1.29, 1.82) is 10.5 Å². The normalized spacial score (nSPS) is 11.5. The fraction of sp³-hybridized carbons (Fsp3) is 0.0101. The van der Waals surface area contributed by atoms with E-state index in [4.69, 9.17) is 59.8 Å². The Morgan fingerprint density at radius 2 is 0.441 bits per heavy atom. The number of rotatable bonds is 15. The highest BCUT2D eigenvalue weighted by molar-refractivity contribution is 6.14. The number of benzene rings is 14. The summed E-state index contributed by atoms with van der Waals surface area (Å²) in [6.07, 6.45) is -4.98. The molecule has 0 aliphatic carbocycles. The molecule has 16 nitrogen and oxygen atoms in total. The van der Waals surface area contributed by atoms with E-state index in [2.05, 4.69) is 12.1 Å². The molecule has 0 spiro atoms. The molecule has 0 aliphatic heterocycles. The largest absolute Gasteiger partial charge is 0.417 e. The van der Waals surface area contributed by atoms with Crippen LogP contribution in [0.4, 0.5) is 13.2 Å². The van der Waals surface area contributed by atoms with E-state index in [1.165, 1.54) is 12.1 Å². The molecule has 0 N–H and O–H groups in total. The van der Waals surface area contributed by atoms with Crippen molar-refractivity contribution in [2.45, 2.75) is 6.18 Å². The molecule has 0 saturated heterocycles. The Balaban J connectivity index is 0.878. The second-order valence-electron chi connectivity index (χ2n) is 28.1. The summed E-state index contributed by atoms with van der Waals surface area (Å²) in [6, 6.07) is 112. The SMILES string of the molecule is N#Cc1cccc(C(F)(F)F)c1-c1cc(-n2c3ccc(-c4nc(-c5ccccc5)nc(-c5ccccc5)n4)cc3c3cc(-c4nc(-c5ccccc5)nc(-c5ccccc5)n4)ccc32)c(C#N)c(-n2c3ccc(-c4nc(-c5ccccc5)nc(-c5ccccc5)n4)cc3c3cc(-c4nc(-c5ccccc5)nc(-c5ccccc5)n4)ccc32)c1. The molecule has 0 amide bonds. The van der Waals surface area contributed by atoms with E-state index < -0.39 is 17.3 Å². The predicted octanol–water partition coefficient (Wildman–Crippen LogP) is 23.1. The maximum absolute atomic E-state index is 16.2. The van der Waals surface area contributed by atoms with Crippen LogP contribution in [0.25, 0.3) is 203 Å². The molecule has 118 heavy (non-hydrogen) atoms. The van der Waals surface area contributed by atoms with Gasteiger partial charge >= 0.3 is 6.18 Å². The van der Waals surface area contributed by atoms with E-state index in [0.29, 0.717) is 136 Å². The molecule has 6 heterocycles. The molecule has 554 valence electrons. The van der Waals surface area contributed by atoms with Gasteiger partial charge in [0.05, 0.1) is 50.6 Å². The minimum absolute atomic E-state index is 0.0155. The van der Waals surface area contributed by atoms with Crippen LogP contribution in [0.2, 0.25) is 0 Å². The van der Waals surface area contributed by atoms with E-state index in [1.54, 1.807) is 12.1 Å². The topological polar surface area (TPSA) is 212 Å². The minimum Gasteiger partial charge on any atom is -0.308 e. The number of nitrogens with zero attached hydrogens (tertiary/aromatic N) is 16. The van der Waals surface area contributed by atoms with Crippen molar-refractivity contribution in [3.63, 3.8) is 0 Å². The first-order chi connectivity index (χ1) is 58.0. The Kier molecular flexibility index (Phi) is 17.7. The van der Waals surface area contributed by atoms with E-state index in [-0.39, 0.29) is 28.1 Å². The summed E-state index contributed by atoms with van der Waals surface area (Å²) in [5.74, 6) is 4.88. The van der Waals surface area contributed by atoms with Gasteiger partial charge in [0, 0.05) is 93.9 Å². The Labute approximate surface area is 672 Å². The summed E-state index contributed by atoms with van der Waals surface area (Å²) in [5, 5.41) is 26.2. The van der Waals surface area contributed by atoms with Crippen molar-refractivity contribution in [2.24, 2.45) is 0 Å². The molecule has 0 saturated carbocycles. The quantitative estimate of drug-likeness (QED) is 0.0934. The van der Waals surface area contributed by atoms with Gasteiger partial charge in [-0.05, 0) is 103 Å². The number of nitriles is 2. The molecule has 0 atom stereocenters. The predicted molar refractivity (Wildman–Crippen MR) is 454 cm³/mol. The van der Waals surface area contributed by atoms with Crippen molar-refractivity contribution in [2.75, 3.05) is 0 Å². The van der Waals surface area contributed by atoms with Gasteiger partial charge in [-0.15, -0.1) is 0 Å². The molecular weight excluding hydrogens is 1470 g/mol. The van der Waals surface area contributed by atoms with Crippen LogP contribution in [0.1, 0.15) is 16.7 Å². The maximum atomic E-state index is 16.2. The summed E-state index contributed by atoms with van der Waals surface area (Å²) in [4.78, 5) is 61.4. The van der Waals surface area contributed by atoms with Crippen molar-refractivity contribution in [3.8, 4) is 171 Å². The summed E-state index contributed by atoms with van der Waals surface area (Å²) >= 11 is 0. The van der Waals surface area contributed by atoms with E-state index in [1.807, 2.05) is 325 Å². The van der Waals surface area contributed by atoms with Crippen molar-refractivity contribution in [1.82, 2.24) is 68.9 Å². The first-order valence-electron chi connectivity index (χ1n) is 37.9. The van der Waals surface area contributed by atoms with E-state index in [0.717, 1.165) is 50.6 Å². The fourth-order valence-electron chi connectivity index (χ4n) is 15.3. The van der Waals surface area contributed by atoms with Gasteiger partial charge < -0.3 is 9.13 Å². The molecular formula is C99H57F3N16. The first kappa shape index (κ1) is 70.6. The summed E-state index contributed by atoms with van der Waals surface area (Å²) in [7, 11) is 0. The van der Waals surface area contributed by atoms with Crippen LogP contribution in [0, 0.1) is 22.7 Å². The smallest absolute Gasteiger partial charge is 0.308 e. The van der Waals surface area contributed by atoms with Crippen LogP contribution in [0.5, 0.6) is 0 Å². The molecule has 0 unspecified atom stereocenters. The first-order valence-corrected chi connectivity index (χ1v) is 37.9. The average molecular weight is 1530 g/mol. The van der Waals surface area contributed by atoms with Crippen LogP contribution in [0.3, 0.4) is 0 Å². The maximum Gasteiger partial charge on any atom is 0.417 e. The Morgan fingerprint density at radius 3 is 0.644 bits per heavy atom. The number of alkyl halides is 3. The molecule has 14 aromatic carbocycles. The Bertz CT molecular complexity index is 6420. The van der Waals surface area contributed by atoms with Crippen LogP contribution < -0.4 is 0 Å². The van der Waals surface area contributed by atoms with Gasteiger partial charge in [-0.2, -0.15) is 23.7 Å². The molecule has 20 rings (SSSR count). The molecule has 0 fully saturated rings. The lowest BCUT2D eigenvalue weighted by atomic mass is 9.92. The third-order valence-corrected chi connectivity index (χ3v) is 20.8. The van der Waals surface area contributed by atoms with Crippen LogP contribution in [-0.4, -0.2) is 68.9 Å². The van der Waals surface area contributed by atoms with Gasteiger partial charge in [0.25, 0.3) is 0 Å². The number of aromatic nitrogens is 14. The second-order valence-corrected chi connectivity index (χ2v) is 28.1. The van der Waals surface area contributed by atoms with Crippen molar-refractivity contribution >= 4 is 43.6 Å². The van der Waals surface area contributed by atoms with Gasteiger partial charge in [-0.3, -0.25) is 0 Å². The lowest BCUT2D eigenvalue weighted by molar-refractivity contribution is -0.137. The second kappa shape index (κ2) is 29.5. The Hall–Kier alpha value is -16.5. The van der Waals surface area contributed by atoms with E-state index >= 15 is 13.2 Å². The lowest BCUT2D eigenvalue weighted by Crippen LogP contribution is -2.10. The lowest BCUT2D eigenvalue weighted by Gasteiger charge is -2.20. The fourth-order valence-corrected chi connectivity index (χ4v) is 15.3. The highest BCUT2D eigenvalue weighted by Gasteiger charge is 2.36. The van der Waals surface area contributed by atoms with Gasteiger partial charge in [0.2, 0.25) is 0 Å². The van der Waals surface area contributed by atoms with Gasteiger partial charge in [-0.25, -0.2) is 59.8 Å². The van der Waals surface area contributed by atoms with Gasteiger partial charge in [-0.1, -0.05) is 249 Å². The monoisotopic (exact) mass is 1530 g/mol. The number of hydrogen-bond acceptors (Lipinski definition) is 14. The molecule has 6 aromatic heterocycles. The standard InChI is InChI=1S/C99H57F3N16/c100-99(101,102)79-43-25-42-72(58-103)86(79)73-56-84(117-80-48-44-68(95-109-87(60-26-9-1-10-27-60)105-88(110-95)61-28-11-2-12-29-61)52-74(80)75-53-69(45-49-81(75)117)96-111-89(62-30-13-3-14-31-62)106-90(112-96)63-32-15-4-16-33-63)78(59-104)85(57-73)118-82-50-46-70(97-113-91(64-34-17-5-18-35-64)107-92(114-97)65-36-19-6-20-37-65)54-76(82)77-55-71(47-51-83(77)118)98-115-93(66-38-21-7-22-39-66)108-94(116-98)67-40-23-8-24-41-67/h1-57H.